The average molecular weight is 336 g/mol. The van der Waals surface area contributed by atoms with Gasteiger partial charge in [0.25, 0.3) is 0 Å². The Bertz CT molecular complexity index is 854. The summed E-state index contributed by atoms with van der Waals surface area (Å²) >= 11 is 0. The second kappa shape index (κ2) is 6.80. The minimum Gasteiger partial charge on any atom is -0.355 e. The molecule has 1 aliphatic heterocycles. The van der Waals surface area contributed by atoms with Crippen molar-refractivity contribution in [3.63, 3.8) is 0 Å². The zero-order valence-corrected chi connectivity index (χ0v) is 14.9. The molecule has 0 atom stereocenters. The van der Waals surface area contributed by atoms with Gasteiger partial charge < -0.3 is 4.90 Å². The van der Waals surface area contributed by atoms with Gasteiger partial charge in [0.15, 0.2) is 5.65 Å². The number of fused-ring (bicyclic) bond motifs is 1. The summed E-state index contributed by atoms with van der Waals surface area (Å²) in [5.41, 5.74) is 3.59. The molecule has 0 aliphatic carbocycles. The van der Waals surface area contributed by atoms with Gasteiger partial charge >= 0.3 is 0 Å². The van der Waals surface area contributed by atoms with Gasteiger partial charge in [0.05, 0.1) is 11.6 Å². The maximum absolute atomic E-state index is 4.55. The molecule has 3 heterocycles. The van der Waals surface area contributed by atoms with Crippen molar-refractivity contribution in [1.82, 2.24) is 24.6 Å². The predicted octanol–water partition coefficient (Wildman–Crippen LogP) is 2.38. The number of nitrogens with zero attached hydrogens (tertiary/aromatic N) is 6. The van der Waals surface area contributed by atoms with E-state index < -0.39 is 0 Å². The normalized spacial score (nSPS) is 16.3. The molecule has 25 heavy (non-hydrogen) atoms. The molecule has 1 aromatic carbocycles. The van der Waals surface area contributed by atoms with E-state index in [1.54, 1.807) is 6.33 Å². The first-order chi connectivity index (χ1) is 12.2. The van der Waals surface area contributed by atoms with E-state index in [9.17, 15) is 0 Å². The number of aryl methyl sites for hydroxylation is 2. The number of benzene rings is 1. The molecule has 1 aliphatic rings. The van der Waals surface area contributed by atoms with Gasteiger partial charge in [-0.15, -0.1) is 0 Å². The molecule has 3 aromatic rings. The Hall–Kier alpha value is -2.47. The smallest absolute Gasteiger partial charge is 0.163 e. The third-order valence-corrected chi connectivity index (χ3v) is 4.92. The zero-order chi connectivity index (χ0) is 17.2. The van der Waals surface area contributed by atoms with Crippen LogP contribution in [-0.4, -0.2) is 50.8 Å². The van der Waals surface area contributed by atoms with E-state index >= 15 is 0 Å². The summed E-state index contributed by atoms with van der Waals surface area (Å²) in [5.74, 6) is 1.01. The van der Waals surface area contributed by atoms with E-state index in [4.69, 9.17) is 0 Å². The van der Waals surface area contributed by atoms with E-state index in [0.29, 0.717) is 0 Å². The summed E-state index contributed by atoms with van der Waals surface area (Å²) < 4.78 is 1.81. The van der Waals surface area contributed by atoms with E-state index in [2.05, 4.69) is 56.1 Å². The van der Waals surface area contributed by atoms with Crippen molar-refractivity contribution in [1.29, 1.82) is 0 Å². The zero-order valence-electron chi connectivity index (χ0n) is 14.9. The SMILES string of the molecule is Cc1ccc(CN2CCCN(c3ncnc4c3cnn4C)CC2)cc1. The van der Waals surface area contributed by atoms with Crippen LogP contribution in [0.3, 0.4) is 0 Å². The van der Waals surface area contributed by atoms with Gasteiger partial charge in [0, 0.05) is 39.8 Å². The highest BCUT2D eigenvalue weighted by Crippen LogP contribution is 2.23. The third kappa shape index (κ3) is 3.35. The summed E-state index contributed by atoms with van der Waals surface area (Å²) in [6, 6.07) is 8.86. The molecule has 0 bridgehead atoms. The van der Waals surface area contributed by atoms with Crippen LogP contribution >= 0.6 is 0 Å². The Morgan fingerprint density at radius 1 is 1.00 bits per heavy atom. The number of hydrogen-bond donors (Lipinski definition) is 0. The molecule has 0 unspecified atom stereocenters. The Balaban J connectivity index is 1.48. The van der Waals surface area contributed by atoms with Gasteiger partial charge in [-0.2, -0.15) is 5.10 Å². The molecule has 130 valence electrons. The lowest BCUT2D eigenvalue weighted by Gasteiger charge is -2.23. The molecule has 1 saturated heterocycles. The van der Waals surface area contributed by atoms with Crippen LogP contribution in [0.2, 0.25) is 0 Å². The Morgan fingerprint density at radius 3 is 2.68 bits per heavy atom. The van der Waals surface area contributed by atoms with Crippen LogP contribution in [0.5, 0.6) is 0 Å². The van der Waals surface area contributed by atoms with Crippen molar-refractivity contribution >= 4 is 16.9 Å². The van der Waals surface area contributed by atoms with Crippen LogP contribution in [0, 0.1) is 6.92 Å². The number of hydrogen-bond acceptors (Lipinski definition) is 5. The molecule has 0 amide bonds. The Labute approximate surface area is 148 Å². The van der Waals surface area contributed by atoms with Crippen molar-refractivity contribution in [3.8, 4) is 0 Å². The summed E-state index contributed by atoms with van der Waals surface area (Å²) in [5, 5.41) is 5.37. The largest absolute Gasteiger partial charge is 0.355 e. The van der Waals surface area contributed by atoms with Crippen molar-refractivity contribution in [3.05, 3.63) is 47.9 Å². The van der Waals surface area contributed by atoms with E-state index in [0.717, 1.165) is 56.0 Å². The first kappa shape index (κ1) is 16.0. The Kier molecular flexibility index (Phi) is 4.36. The molecule has 0 N–H and O–H groups in total. The van der Waals surface area contributed by atoms with Crippen molar-refractivity contribution in [2.24, 2.45) is 7.05 Å². The molecule has 4 rings (SSSR count). The lowest BCUT2D eigenvalue weighted by atomic mass is 10.1. The predicted molar refractivity (Wildman–Crippen MR) is 99.6 cm³/mol. The number of anilines is 1. The summed E-state index contributed by atoms with van der Waals surface area (Å²) in [7, 11) is 1.92. The van der Waals surface area contributed by atoms with Crippen molar-refractivity contribution in [2.75, 3.05) is 31.1 Å². The molecular weight excluding hydrogens is 312 g/mol. The summed E-state index contributed by atoms with van der Waals surface area (Å²) in [6.07, 6.45) is 4.66. The fraction of sp³-hybridized carbons (Fsp3) is 0.421. The number of aromatic nitrogens is 4. The standard InChI is InChI=1S/C19H24N6/c1-15-4-6-16(7-5-15)13-24-8-3-9-25(11-10-24)19-17-12-22-23(2)18(17)20-14-21-19/h4-7,12,14H,3,8-11,13H2,1-2H3. The van der Waals surface area contributed by atoms with Crippen LogP contribution in [0.4, 0.5) is 5.82 Å². The van der Waals surface area contributed by atoms with Gasteiger partial charge in [0.2, 0.25) is 0 Å². The highest BCUT2D eigenvalue weighted by atomic mass is 15.3. The maximum atomic E-state index is 4.55. The van der Waals surface area contributed by atoms with Crippen LogP contribution in [-0.2, 0) is 13.6 Å². The van der Waals surface area contributed by atoms with Gasteiger partial charge in [-0.1, -0.05) is 29.8 Å². The Morgan fingerprint density at radius 2 is 1.84 bits per heavy atom. The van der Waals surface area contributed by atoms with Crippen LogP contribution in [0.15, 0.2) is 36.8 Å². The minimum atomic E-state index is 0.894. The summed E-state index contributed by atoms with van der Waals surface area (Å²) in [6.45, 7) is 7.30. The molecule has 0 radical (unpaired) electrons. The third-order valence-electron chi connectivity index (χ3n) is 4.92. The summed E-state index contributed by atoms with van der Waals surface area (Å²) in [4.78, 5) is 13.8. The molecule has 0 spiro atoms. The van der Waals surface area contributed by atoms with E-state index in [1.807, 2.05) is 17.9 Å². The first-order valence-electron chi connectivity index (χ1n) is 8.86. The average Bonchev–Trinajstić information content (AvgIpc) is 2.86. The topological polar surface area (TPSA) is 50.1 Å². The maximum Gasteiger partial charge on any atom is 0.163 e. The highest BCUT2D eigenvalue weighted by Gasteiger charge is 2.19. The second-order valence-corrected chi connectivity index (χ2v) is 6.81. The van der Waals surface area contributed by atoms with E-state index in [-0.39, 0.29) is 0 Å². The van der Waals surface area contributed by atoms with Gasteiger partial charge in [0.1, 0.15) is 12.1 Å². The molecule has 6 nitrogen and oxygen atoms in total. The van der Waals surface area contributed by atoms with Crippen LogP contribution in [0.25, 0.3) is 11.0 Å². The fourth-order valence-corrected chi connectivity index (χ4v) is 3.49. The van der Waals surface area contributed by atoms with Gasteiger partial charge in [-0.3, -0.25) is 9.58 Å². The lowest BCUT2D eigenvalue weighted by Crippen LogP contribution is -2.31. The molecule has 6 heteroatoms. The lowest BCUT2D eigenvalue weighted by molar-refractivity contribution is 0.285. The first-order valence-corrected chi connectivity index (χ1v) is 8.86. The molecule has 0 saturated carbocycles. The molecule has 1 fully saturated rings. The van der Waals surface area contributed by atoms with Gasteiger partial charge in [-0.05, 0) is 18.9 Å². The highest BCUT2D eigenvalue weighted by molar-refractivity contribution is 5.86. The second-order valence-electron chi connectivity index (χ2n) is 6.81. The van der Waals surface area contributed by atoms with Crippen molar-refractivity contribution < 1.29 is 0 Å². The fourth-order valence-electron chi connectivity index (χ4n) is 3.49. The van der Waals surface area contributed by atoms with E-state index in [1.165, 1.54) is 11.1 Å². The van der Waals surface area contributed by atoms with Crippen molar-refractivity contribution in [2.45, 2.75) is 19.9 Å². The monoisotopic (exact) mass is 336 g/mol. The van der Waals surface area contributed by atoms with Crippen LogP contribution in [0.1, 0.15) is 17.5 Å². The minimum absolute atomic E-state index is 0.894. The van der Waals surface area contributed by atoms with Gasteiger partial charge in [-0.25, -0.2) is 9.97 Å². The quantitative estimate of drug-likeness (QED) is 0.735. The molecule has 2 aromatic heterocycles. The number of rotatable bonds is 3. The van der Waals surface area contributed by atoms with Crippen LogP contribution < -0.4 is 4.90 Å². The molecular formula is C19H24N6.